The van der Waals surface area contributed by atoms with E-state index in [1.54, 1.807) is 0 Å². The summed E-state index contributed by atoms with van der Waals surface area (Å²) in [5.41, 5.74) is 1.44. The van der Waals surface area contributed by atoms with Crippen molar-refractivity contribution in [3.63, 3.8) is 0 Å². The fourth-order valence-electron chi connectivity index (χ4n) is 2.87. The molecule has 1 aromatic rings. The molecule has 1 heterocycles. The molecule has 106 valence electrons. The minimum atomic E-state index is 0.210. The van der Waals surface area contributed by atoms with Crippen LogP contribution in [-0.4, -0.2) is 29.6 Å². The van der Waals surface area contributed by atoms with Gasteiger partial charge in [0.15, 0.2) is 0 Å². The van der Waals surface area contributed by atoms with Crippen molar-refractivity contribution in [2.75, 3.05) is 13.1 Å². The van der Waals surface area contributed by atoms with Crippen molar-refractivity contribution in [1.29, 1.82) is 0 Å². The molecule has 0 radical (unpaired) electrons. The molecule has 0 spiro atoms. The first-order valence-corrected chi connectivity index (χ1v) is 7.60. The maximum Gasteiger partial charge on any atom is 0.0453 e. The number of nitrogens with one attached hydrogen (secondary N) is 1. The van der Waals surface area contributed by atoms with Gasteiger partial charge < -0.3 is 5.32 Å². The predicted octanol–water partition coefficient (Wildman–Crippen LogP) is 3.86. The second-order valence-corrected chi connectivity index (χ2v) is 6.42. The van der Waals surface area contributed by atoms with Gasteiger partial charge >= 0.3 is 0 Å². The van der Waals surface area contributed by atoms with Crippen LogP contribution in [-0.2, 0) is 0 Å². The van der Waals surface area contributed by atoms with E-state index in [1.165, 1.54) is 5.56 Å². The monoisotopic (exact) mass is 280 g/mol. The van der Waals surface area contributed by atoms with E-state index in [4.69, 9.17) is 11.6 Å². The van der Waals surface area contributed by atoms with Crippen LogP contribution in [0.15, 0.2) is 24.3 Å². The van der Waals surface area contributed by atoms with Crippen LogP contribution >= 0.6 is 11.6 Å². The minimum Gasteiger partial charge on any atom is -0.309 e. The highest BCUT2D eigenvalue weighted by Crippen LogP contribution is 2.31. The smallest absolute Gasteiger partial charge is 0.0453 e. The van der Waals surface area contributed by atoms with Gasteiger partial charge in [0.1, 0.15) is 0 Å². The second kappa shape index (κ2) is 5.82. The quantitative estimate of drug-likeness (QED) is 0.904. The molecule has 3 unspecified atom stereocenters. The standard InChI is InChI=1S/C16H25ClN2/c1-5-16(4)11-19(12(2)10-18-16)13(3)14-8-6-7-9-15(14)17/h6-9,12-13,18H,5,10-11H2,1-4H3. The van der Waals surface area contributed by atoms with Gasteiger partial charge in [-0.05, 0) is 38.8 Å². The van der Waals surface area contributed by atoms with E-state index < -0.39 is 0 Å². The minimum absolute atomic E-state index is 0.210. The van der Waals surface area contributed by atoms with Crippen LogP contribution in [0.1, 0.15) is 45.7 Å². The number of halogens is 1. The van der Waals surface area contributed by atoms with Gasteiger partial charge in [-0.2, -0.15) is 0 Å². The van der Waals surface area contributed by atoms with E-state index in [0.717, 1.165) is 24.5 Å². The molecule has 1 aromatic carbocycles. The van der Waals surface area contributed by atoms with Crippen LogP contribution in [0, 0.1) is 0 Å². The topological polar surface area (TPSA) is 15.3 Å². The second-order valence-electron chi connectivity index (χ2n) is 6.01. The lowest BCUT2D eigenvalue weighted by Crippen LogP contribution is -2.62. The van der Waals surface area contributed by atoms with E-state index in [0.29, 0.717) is 12.1 Å². The molecule has 1 aliphatic heterocycles. The van der Waals surface area contributed by atoms with Crippen molar-refractivity contribution in [3.05, 3.63) is 34.9 Å². The van der Waals surface area contributed by atoms with Crippen LogP contribution in [0.25, 0.3) is 0 Å². The van der Waals surface area contributed by atoms with Crippen molar-refractivity contribution >= 4 is 11.6 Å². The van der Waals surface area contributed by atoms with E-state index in [-0.39, 0.29) is 5.54 Å². The molecule has 0 aliphatic carbocycles. The summed E-state index contributed by atoms with van der Waals surface area (Å²) in [5, 5.41) is 4.55. The number of piperazine rings is 1. The van der Waals surface area contributed by atoms with Gasteiger partial charge in [-0.3, -0.25) is 4.90 Å². The number of hydrogen-bond acceptors (Lipinski definition) is 2. The van der Waals surface area contributed by atoms with Crippen molar-refractivity contribution in [3.8, 4) is 0 Å². The normalized spacial score (nSPS) is 30.3. The zero-order valence-corrected chi connectivity index (χ0v) is 13.2. The number of hydrogen-bond donors (Lipinski definition) is 1. The lowest BCUT2D eigenvalue weighted by Gasteiger charge is -2.47. The molecule has 19 heavy (non-hydrogen) atoms. The Hall–Kier alpha value is -0.570. The molecule has 2 nitrogen and oxygen atoms in total. The Balaban J connectivity index is 2.22. The first-order chi connectivity index (χ1) is 8.97. The van der Waals surface area contributed by atoms with Gasteiger partial charge in [0.25, 0.3) is 0 Å². The molecule has 0 saturated carbocycles. The average Bonchev–Trinajstić information content (AvgIpc) is 2.42. The third kappa shape index (κ3) is 3.13. The summed E-state index contributed by atoms with van der Waals surface area (Å²) in [7, 11) is 0. The van der Waals surface area contributed by atoms with E-state index in [9.17, 15) is 0 Å². The molecule has 0 amide bonds. The maximum atomic E-state index is 6.35. The van der Waals surface area contributed by atoms with Gasteiger partial charge in [0.2, 0.25) is 0 Å². The van der Waals surface area contributed by atoms with E-state index in [1.807, 2.05) is 12.1 Å². The Kier molecular flexibility index (Phi) is 4.54. The van der Waals surface area contributed by atoms with Gasteiger partial charge in [-0.25, -0.2) is 0 Å². The molecule has 2 rings (SSSR count). The number of rotatable bonds is 3. The zero-order valence-electron chi connectivity index (χ0n) is 12.4. The summed E-state index contributed by atoms with van der Waals surface area (Å²) in [4.78, 5) is 2.57. The van der Waals surface area contributed by atoms with Crippen molar-refractivity contribution in [1.82, 2.24) is 10.2 Å². The largest absolute Gasteiger partial charge is 0.309 e. The Bertz CT molecular complexity index is 435. The molecular weight excluding hydrogens is 256 g/mol. The highest BCUT2D eigenvalue weighted by atomic mass is 35.5. The average molecular weight is 281 g/mol. The van der Waals surface area contributed by atoms with Crippen LogP contribution in [0.4, 0.5) is 0 Å². The lowest BCUT2D eigenvalue weighted by molar-refractivity contribution is 0.0597. The Morgan fingerprint density at radius 1 is 1.47 bits per heavy atom. The third-order valence-electron chi connectivity index (χ3n) is 4.56. The summed E-state index contributed by atoms with van der Waals surface area (Å²) < 4.78 is 0. The third-order valence-corrected chi connectivity index (χ3v) is 4.90. The highest BCUT2D eigenvalue weighted by Gasteiger charge is 2.35. The molecule has 1 saturated heterocycles. The van der Waals surface area contributed by atoms with Gasteiger partial charge in [0.05, 0.1) is 0 Å². The summed E-state index contributed by atoms with van der Waals surface area (Å²) >= 11 is 6.35. The van der Waals surface area contributed by atoms with Crippen molar-refractivity contribution < 1.29 is 0 Å². The van der Waals surface area contributed by atoms with Gasteiger partial charge in [0, 0.05) is 35.7 Å². The molecule has 3 atom stereocenters. The molecule has 1 N–H and O–H groups in total. The fraction of sp³-hybridized carbons (Fsp3) is 0.625. The molecule has 1 aliphatic rings. The first-order valence-electron chi connectivity index (χ1n) is 7.22. The van der Waals surface area contributed by atoms with Crippen molar-refractivity contribution in [2.24, 2.45) is 0 Å². The first kappa shape index (κ1) is 14.8. The summed E-state index contributed by atoms with van der Waals surface area (Å²) in [6, 6.07) is 9.09. The molecule has 0 aromatic heterocycles. The fourth-order valence-corrected chi connectivity index (χ4v) is 3.17. The Morgan fingerprint density at radius 3 is 2.79 bits per heavy atom. The SMILES string of the molecule is CCC1(C)CN(C(C)c2ccccc2Cl)C(C)CN1. The van der Waals surface area contributed by atoms with E-state index >= 15 is 0 Å². The van der Waals surface area contributed by atoms with Crippen molar-refractivity contribution in [2.45, 2.75) is 51.7 Å². The van der Waals surface area contributed by atoms with Crippen LogP contribution in [0.3, 0.4) is 0 Å². The maximum absolute atomic E-state index is 6.35. The van der Waals surface area contributed by atoms with Gasteiger partial charge in [-0.1, -0.05) is 36.7 Å². The Labute approximate surface area is 122 Å². The number of nitrogens with zero attached hydrogens (tertiary/aromatic N) is 1. The van der Waals surface area contributed by atoms with Crippen LogP contribution in [0.5, 0.6) is 0 Å². The number of benzene rings is 1. The van der Waals surface area contributed by atoms with E-state index in [2.05, 4.69) is 50.0 Å². The van der Waals surface area contributed by atoms with Gasteiger partial charge in [-0.15, -0.1) is 0 Å². The summed E-state index contributed by atoms with van der Waals surface area (Å²) in [6.07, 6.45) is 1.14. The zero-order chi connectivity index (χ0) is 14.0. The lowest BCUT2D eigenvalue weighted by atomic mass is 9.91. The van der Waals surface area contributed by atoms with Crippen LogP contribution in [0.2, 0.25) is 5.02 Å². The Morgan fingerprint density at radius 2 is 2.16 bits per heavy atom. The molecular formula is C16H25ClN2. The summed E-state index contributed by atoms with van der Waals surface area (Å²) in [6.45, 7) is 11.2. The molecule has 3 heteroatoms. The molecule has 1 fully saturated rings. The predicted molar refractivity (Wildman–Crippen MR) is 82.7 cm³/mol. The highest BCUT2D eigenvalue weighted by molar-refractivity contribution is 6.31. The summed E-state index contributed by atoms with van der Waals surface area (Å²) in [5.74, 6) is 0. The molecule has 0 bridgehead atoms. The van der Waals surface area contributed by atoms with Crippen LogP contribution < -0.4 is 5.32 Å².